The first-order valence-electron chi connectivity index (χ1n) is 5.26. The summed E-state index contributed by atoms with van der Waals surface area (Å²) in [5.41, 5.74) is 5.52. The lowest BCUT2D eigenvalue weighted by atomic mass is 9.75. The van der Waals surface area contributed by atoms with E-state index in [-0.39, 0.29) is 17.7 Å². The van der Waals surface area contributed by atoms with Gasteiger partial charge in [-0.05, 0) is 26.2 Å². The minimum absolute atomic E-state index is 0.136. The van der Waals surface area contributed by atoms with Crippen LogP contribution in [-0.4, -0.2) is 24.3 Å². The summed E-state index contributed by atoms with van der Waals surface area (Å²) >= 11 is 0. The number of amides is 1. The maximum absolute atomic E-state index is 11.3. The van der Waals surface area contributed by atoms with Crippen molar-refractivity contribution in [2.45, 2.75) is 51.1 Å². The Labute approximate surface area is 85.2 Å². The Bertz CT molecular complexity index is 200. The zero-order valence-corrected chi connectivity index (χ0v) is 9.01. The van der Waals surface area contributed by atoms with Gasteiger partial charge in [0, 0.05) is 11.6 Å². The molecule has 1 aliphatic carbocycles. The van der Waals surface area contributed by atoms with Crippen molar-refractivity contribution in [2.75, 3.05) is 6.61 Å². The quantitative estimate of drug-likeness (QED) is 0.674. The molecule has 4 nitrogen and oxygen atoms in total. The molecule has 1 rings (SSSR count). The molecule has 14 heavy (non-hydrogen) atoms. The molecule has 1 aliphatic rings. The molecule has 1 fully saturated rings. The molecule has 1 amide bonds. The molecule has 0 aromatic rings. The van der Waals surface area contributed by atoms with Crippen LogP contribution in [0.3, 0.4) is 0 Å². The van der Waals surface area contributed by atoms with Crippen molar-refractivity contribution in [1.29, 1.82) is 0 Å². The second-order valence-corrected chi connectivity index (χ2v) is 4.34. The Morgan fingerprint density at radius 3 is 2.79 bits per heavy atom. The first-order chi connectivity index (χ1) is 6.56. The number of carbonyl (C=O) groups excluding carboxylic acids is 1. The van der Waals surface area contributed by atoms with Gasteiger partial charge in [0.15, 0.2) is 0 Å². The van der Waals surface area contributed by atoms with Crippen molar-refractivity contribution in [3.8, 4) is 0 Å². The number of hydrogen-bond acceptors (Lipinski definition) is 3. The van der Waals surface area contributed by atoms with Gasteiger partial charge in [-0.3, -0.25) is 0 Å². The number of carbonyl (C=O) groups is 1. The van der Waals surface area contributed by atoms with Gasteiger partial charge in [-0.1, -0.05) is 13.3 Å². The highest BCUT2D eigenvalue weighted by atomic mass is 16.5. The van der Waals surface area contributed by atoms with E-state index in [0.29, 0.717) is 6.61 Å². The van der Waals surface area contributed by atoms with Crippen LogP contribution < -0.4 is 11.1 Å². The molecule has 0 radical (unpaired) electrons. The zero-order chi connectivity index (χ0) is 10.6. The number of nitrogens with one attached hydrogen (secondary N) is 1. The molecule has 0 bridgehead atoms. The molecule has 0 aromatic carbocycles. The molecule has 3 N–H and O–H groups in total. The van der Waals surface area contributed by atoms with Crippen LogP contribution in [0.1, 0.15) is 39.5 Å². The molecule has 0 atom stereocenters. The van der Waals surface area contributed by atoms with Gasteiger partial charge < -0.3 is 15.8 Å². The molecular weight excluding hydrogens is 180 g/mol. The van der Waals surface area contributed by atoms with E-state index in [4.69, 9.17) is 10.5 Å². The van der Waals surface area contributed by atoms with Crippen molar-refractivity contribution in [2.24, 2.45) is 5.73 Å². The summed E-state index contributed by atoms with van der Waals surface area (Å²) in [5.74, 6) is 0. The topological polar surface area (TPSA) is 64.3 Å². The Morgan fingerprint density at radius 2 is 2.29 bits per heavy atom. The number of nitrogens with two attached hydrogens (primary N) is 1. The zero-order valence-electron chi connectivity index (χ0n) is 9.01. The van der Waals surface area contributed by atoms with Crippen molar-refractivity contribution in [1.82, 2.24) is 5.32 Å². The largest absolute Gasteiger partial charge is 0.450 e. The Morgan fingerprint density at radius 1 is 1.64 bits per heavy atom. The average molecular weight is 200 g/mol. The van der Waals surface area contributed by atoms with Gasteiger partial charge in [-0.15, -0.1) is 0 Å². The van der Waals surface area contributed by atoms with Gasteiger partial charge >= 0.3 is 6.09 Å². The highest BCUT2D eigenvalue weighted by molar-refractivity contribution is 5.68. The third-order valence-corrected chi connectivity index (χ3v) is 2.56. The molecule has 1 saturated carbocycles. The maximum atomic E-state index is 11.3. The summed E-state index contributed by atoms with van der Waals surface area (Å²) in [6, 6.07) is 0.232. The minimum Gasteiger partial charge on any atom is -0.450 e. The number of rotatable bonds is 4. The normalized spacial score (nSPS) is 30.6. The highest BCUT2D eigenvalue weighted by Crippen LogP contribution is 2.30. The molecule has 82 valence electrons. The first-order valence-corrected chi connectivity index (χ1v) is 5.26. The summed E-state index contributed by atoms with van der Waals surface area (Å²) in [6.07, 6.45) is 3.33. The van der Waals surface area contributed by atoms with Crippen molar-refractivity contribution >= 4 is 6.09 Å². The van der Waals surface area contributed by atoms with E-state index in [2.05, 4.69) is 12.2 Å². The van der Waals surface area contributed by atoms with Gasteiger partial charge in [0.1, 0.15) is 0 Å². The molecule has 0 saturated heterocycles. The van der Waals surface area contributed by atoms with E-state index in [9.17, 15) is 4.79 Å². The van der Waals surface area contributed by atoms with Crippen LogP contribution in [0.5, 0.6) is 0 Å². The molecular formula is C10H20N2O2. The fourth-order valence-corrected chi connectivity index (χ4v) is 1.79. The summed E-state index contributed by atoms with van der Waals surface area (Å²) in [5, 5.41) is 2.84. The van der Waals surface area contributed by atoms with Crippen LogP contribution >= 0.6 is 0 Å². The van der Waals surface area contributed by atoms with E-state index in [1.54, 1.807) is 0 Å². The van der Waals surface area contributed by atoms with Crippen LogP contribution in [0.4, 0.5) is 4.79 Å². The summed E-state index contributed by atoms with van der Waals surface area (Å²) in [6.45, 7) is 4.56. The van der Waals surface area contributed by atoms with E-state index < -0.39 is 0 Å². The third kappa shape index (κ3) is 3.18. The van der Waals surface area contributed by atoms with Crippen LogP contribution in [0, 0.1) is 0 Å². The molecule has 0 aliphatic heterocycles. The van der Waals surface area contributed by atoms with Gasteiger partial charge in [0.2, 0.25) is 0 Å². The second kappa shape index (κ2) is 4.64. The second-order valence-electron chi connectivity index (χ2n) is 4.34. The standard InChI is InChI=1S/C10H20N2O2/c1-3-4-5-14-9(13)12-10(2)6-8(11)7-10/h8H,3-7,11H2,1-2H3,(H,12,13). The van der Waals surface area contributed by atoms with Crippen molar-refractivity contribution in [3.05, 3.63) is 0 Å². The number of hydrogen-bond donors (Lipinski definition) is 2. The predicted octanol–water partition coefficient (Wildman–Crippen LogP) is 1.39. The van der Waals surface area contributed by atoms with Crippen molar-refractivity contribution < 1.29 is 9.53 Å². The third-order valence-electron chi connectivity index (χ3n) is 2.56. The first kappa shape index (κ1) is 11.3. The minimum atomic E-state index is -0.312. The van der Waals surface area contributed by atoms with Crippen LogP contribution in [0.15, 0.2) is 0 Å². The molecule has 0 spiro atoms. The van der Waals surface area contributed by atoms with E-state index >= 15 is 0 Å². The van der Waals surface area contributed by atoms with Crippen LogP contribution in [0.25, 0.3) is 0 Å². The summed E-state index contributed by atoms with van der Waals surface area (Å²) in [7, 11) is 0. The monoisotopic (exact) mass is 200 g/mol. The van der Waals surface area contributed by atoms with Crippen LogP contribution in [-0.2, 0) is 4.74 Å². The Kier molecular flexibility index (Phi) is 3.75. The van der Waals surface area contributed by atoms with Crippen molar-refractivity contribution in [3.63, 3.8) is 0 Å². The van der Waals surface area contributed by atoms with Gasteiger partial charge in [0.25, 0.3) is 0 Å². The fraction of sp³-hybridized carbons (Fsp3) is 0.900. The Hall–Kier alpha value is -0.770. The maximum Gasteiger partial charge on any atom is 0.407 e. The molecule has 4 heteroatoms. The highest BCUT2D eigenvalue weighted by Gasteiger charge is 2.39. The molecule has 0 aromatic heterocycles. The summed E-state index contributed by atoms with van der Waals surface area (Å²) < 4.78 is 5.00. The number of ether oxygens (including phenoxy) is 1. The van der Waals surface area contributed by atoms with Gasteiger partial charge in [0.05, 0.1) is 6.61 Å². The van der Waals surface area contributed by atoms with E-state index in [0.717, 1.165) is 25.7 Å². The Balaban J connectivity index is 2.14. The van der Waals surface area contributed by atoms with Gasteiger partial charge in [-0.2, -0.15) is 0 Å². The lowest BCUT2D eigenvalue weighted by Crippen LogP contribution is -2.59. The number of unbranched alkanes of at least 4 members (excludes halogenated alkanes) is 1. The average Bonchev–Trinajstić information content (AvgIpc) is 2.01. The van der Waals surface area contributed by atoms with E-state index in [1.165, 1.54) is 0 Å². The lowest BCUT2D eigenvalue weighted by molar-refractivity contribution is 0.110. The van der Waals surface area contributed by atoms with E-state index in [1.807, 2.05) is 6.92 Å². The van der Waals surface area contributed by atoms with Crippen LogP contribution in [0.2, 0.25) is 0 Å². The fourth-order valence-electron chi connectivity index (χ4n) is 1.79. The molecule has 0 heterocycles. The lowest BCUT2D eigenvalue weighted by Gasteiger charge is -2.43. The van der Waals surface area contributed by atoms with Gasteiger partial charge in [-0.25, -0.2) is 4.79 Å². The SMILES string of the molecule is CCCCOC(=O)NC1(C)CC(N)C1. The summed E-state index contributed by atoms with van der Waals surface area (Å²) in [4.78, 5) is 11.3. The molecule has 0 unspecified atom stereocenters. The smallest absolute Gasteiger partial charge is 0.407 e. The number of alkyl carbamates (subject to hydrolysis) is 1. The predicted molar refractivity (Wildman–Crippen MR) is 55.0 cm³/mol.